The number of hydrogen-bond donors (Lipinski definition) is 0. The van der Waals surface area contributed by atoms with E-state index in [4.69, 9.17) is 9.26 Å². The molecule has 2 aliphatic heterocycles. The van der Waals surface area contributed by atoms with Gasteiger partial charge in [0.2, 0.25) is 0 Å². The standard InChI is InChI=1S/C12H16N2O3/c1-14-10-2-8(3-11(14)7-16-6-10)12(15)9-4-13-17-5-9/h4-5,8,10-11H,2-3,6-7H2,1H3. The first-order valence-corrected chi connectivity index (χ1v) is 5.99. The average Bonchev–Trinajstić information content (AvgIpc) is 2.81. The fourth-order valence-corrected chi connectivity index (χ4v) is 2.87. The lowest BCUT2D eigenvalue weighted by molar-refractivity contribution is -0.0702. The predicted molar refractivity (Wildman–Crippen MR) is 59.7 cm³/mol. The number of likely N-dealkylation sites (N-methyl/N-ethyl adjacent to an activating group) is 1. The summed E-state index contributed by atoms with van der Waals surface area (Å²) in [5.41, 5.74) is 0.596. The summed E-state index contributed by atoms with van der Waals surface area (Å²) in [5, 5.41) is 3.59. The van der Waals surface area contributed by atoms with Gasteiger partial charge in [-0.1, -0.05) is 5.16 Å². The summed E-state index contributed by atoms with van der Waals surface area (Å²) >= 11 is 0. The molecule has 0 aliphatic carbocycles. The van der Waals surface area contributed by atoms with Crippen molar-refractivity contribution in [3.8, 4) is 0 Å². The van der Waals surface area contributed by atoms with Gasteiger partial charge in [0.25, 0.3) is 0 Å². The maximum atomic E-state index is 12.2. The summed E-state index contributed by atoms with van der Waals surface area (Å²) in [4.78, 5) is 14.6. The molecule has 2 fully saturated rings. The van der Waals surface area contributed by atoms with E-state index >= 15 is 0 Å². The molecule has 0 amide bonds. The zero-order valence-electron chi connectivity index (χ0n) is 9.83. The van der Waals surface area contributed by atoms with Gasteiger partial charge in [-0.25, -0.2) is 0 Å². The minimum absolute atomic E-state index is 0.0875. The molecule has 1 aromatic heterocycles. The number of ketones is 1. The van der Waals surface area contributed by atoms with E-state index in [1.807, 2.05) is 0 Å². The second-order valence-corrected chi connectivity index (χ2v) is 4.96. The van der Waals surface area contributed by atoms with Gasteiger partial charge in [-0.3, -0.25) is 9.69 Å². The monoisotopic (exact) mass is 236 g/mol. The van der Waals surface area contributed by atoms with Crippen LogP contribution >= 0.6 is 0 Å². The quantitative estimate of drug-likeness (QED) is 0.716. The van der Waals surface area contributed by atoms with Gasteiger partial charge in [0.05, 0.1) is 25.0 Å². The number of aromatic nitrogens is 1. The third-order valence-corrected chi connectivity index (χ3v) is 3.97. The van der Waals surface area contributed by atoms with Gasteiger partial charge >= 0.3 is 0 Å². The highest BCUT2D eigenvalue weighted by Gasteiger charge is 2.39. The molecule has 2 unspecified atom stereocenters. The Hall–Kier alpha value is -1.20. The average molecular weight is 236 g/mol. The van der Waals surface area contributed by atoms with E-state index in [0.717, 1.165) is 26.1 Å². The van der Waals surface area contributed by atoms with E-state index in [1.165, 1.54) is 12.5 Å². The lowest BCUT2D eigenvalue weighted by Gasteiger charge is -2.46. The number of piperidine rings is 1. The molecule has 17 heavy (non-hydrogen) atoms. The Kier molecular flexibility index (Phi) is 2.72. The van der Waals surface area contributed by atoms with E-state index in [1.54, 1.807) is 0 Å². The first kappa shape index (κ1) is 10.9. The van der Waals surface area contributed by atoms with Crippen molar-refractivity contribution in [2.24, 2.45) is 5.92 Å². The van der Waals surface area contributed by atoms with Crippen LogP contribution in [0.2, 0.25) is 0 Å². The number of ether oxygens (including phenoxy) is 1. The molecular weight excluding hydrogens is 220 g/mol. The van der Waals surface area contributed by atoms with E-state index in [2.05, 4.69) is 17.1 Å². The second kappa shape index (κ2) is 4.23. The zero-order chi connectivity index (χ0) is 11.8. The summed E-state index contributed by atoms with van der Waals surface area (Å²) in [6.07, 6.45) is 4.69. The van der Waals surface area contributed by atoms with Crippen LogP contribution in [0.25, 0.3) is 0 Å². The number of rotatable bonds is 2. The number of Topliss-reactive ketones (excluding diaryl/α,β-unsaturated/α-hetero) is 1. The van der Waals surface area contributed by atoms with E-state index < -0.39 is 0 Å². The van der Waals surface area contributed by atoms with Crippen molar-refractivity contribution >= 4 is 5.78 Å². The van der Waals surface area contributed by atoms with Crippen LogP contribution in [0.4, 0.5) is 0 Å². The number of morpholine rings is 1. The normalized spacial score (nSPS) is 33.6. The fraction of sp³-hybridized carbons (Fsp3) is 0.667. The molecular formula is C12H16N2O3. The Morgan fingerprint density at radius 3 is 2.71 bits per heavy atom. The second-order valence-electron chi connectivity index (χ2n) is 4.96. The molecule has 2 saturated heterocycles. The van der Waals surface area contributed by atoms with E-state index in [9.17, 15) is 4.79 Å². The van der Waals surface area contributed by atoms with Gasteiger partial charge in [-0.15, -0.1) is 0 Å². The number of fused-ring (bicyclic) bond motifs is 2. The molecule has 0 aromatic carbocycles. The molecule has 92 valence electrons. The Labute approximate surface area is 99.7 Å². The Bertz CT molecular complexity index is 390. The van der Waals surface area contributed by atoms with Crippen LogP contribution in [0.5, 0.6) is 0 Å². The highest BCUT2D eigenvalue weighted by atomic mass is 16.5. The van der Waals surface area contributed by atoms with Gasteiger partial charge in [0.15, 0.2) is 5.78 Å². The van der Waals surface area contributed by atoms with Gasteiger partial charge in [0, 0.05) is 18.0 Å². The molecule has 2 atom stereocenters. The van der Waals surface area contributed by atoms with Crippen molar-refractivity contribution in [2.75, 3.05) is 20.3 Å². The zero-order valence-corrected chi connectivity index (χ0v) is 9.83. The fourth-order valence-electron chi connectivity index (χ4n) is 2.87. The number of carbonyl (C=O) groups excluding carboxylic acids is 1. The topological polar surface area (TPSA) is 55.6 Å². The van der Waals surface area contributed by atoms with Crippen LogP contribution in [0, 0.1) is 5.92 Å². The van der Waals surface area contributed by atoms with Gasteiger partial charge in [-0.05, 0) is 19.9 Å². The van der Waals surface area contributed by atoms with Crippen molar-refractivity contribution in [1.29, 1.82) is 0 Å². The molecule has 1 aromatic rings. The first-order chi connectivity index (χ1) is 8.25. The maximum absolute atomic E-state index is 12.2. The Morgan fingerprint density at radius 1 is 1.41 bits per heavy atom. The van der Waals surface area contributed by atoms with Crippen LogP contribution in [0.1, 0.15) is 23.2 Å². The third-order valence-electron chi connectivity index (χ3n) is 3.97. The molecule has 5 nitrogen and oxygen atoms in total. The molecule has 5 heteroatoms. The minimum Gasteiger partial charge on any atom is -0.378 e. The number of carbonyl (C=O) groups is 1. The third kappa shape index (κ3) is 1.89. The first-order valence-electron chi connectivity index (χ1n) is 5.99. The lowest BCUT2D eigenvalue weighted by atomic mass is 9.81. The maximum Gasteiger partial charge on any atom is 0.170 e. The molecule has 3 heterocycles. The largest absolute Gasteiger partial charge is 0.378 e. The predicted octanol–water partition coefficient (Wildman–Crippen LogP) is 0.966. The molecule has 0 spiro atoms. The summed E-state index contributed by atoms with van der Waals surface area (Å²) < 4.78 is 10.3. The van der Waals surface area contributed by atoms with Crippen molar-refractivity contribution in [2.45, 2.75) is 24.9 Å². The minimum atomic E-state index is 0.0875. The molecule has 2 bridgehead atoms. The number of nitrogens with zero attached hydrogens (tertiary/aromatic N) is 2. The van der Waals surface area contributed by atoms with Gasteiger partial charge < -0.3 is 9.26 Å². The van der Waals surface area contributed by atoms with Crippen molar-refractivity contribution in [3.05, 3.63) is 18.0 Å². The van der Waals surface area contributed by atoms with Crippen LogP contribution in [0.3, 0.4) is 0 Å². The molecule has 3 rings (SSSR count). The Morgan fingerprint density at radius 2 is 2.12 bits per heavy atom. The summed E-state index contributed by atoms with van der Waals surface area (Å²) in [6.45, 7) is 1.47. The van der Waals surface area contributed by atoms with Crippen LogP contribution in [-0.2, 0) is 4.74 Å². The van der Waals surface area contributed by atoms with Gasteiger partial charge in [0.1, 0.15) is 6.26 Å². The summed E-state index contributed by atoms with van der Waals surface area (Å²) in [6, 6.07) is 0.743. The van der Waals surface area contributed by atoms with Crippen molar-refractivity contribution in [1.82, 2.24) is 10.1 Å². The number of hydrogen-bond acceptors (Lipinski definition) is 5. The van der Waals surface area contributed by atoms with Crippen LogP contribution in [-0.4, -0.2) is 48.2 Å². The molecule has 2 aliphatic rings. The Balaban J connectivity index is 1.76. The highest BCUT2D eigenvalue weighted by Crippen LogP contribution is 2.32. The summed E-state index contributed by atoms with van der Waals surface area (Å²) in [7, 11) is 2.12. The van der Waals surface area contributed by atoms with Crippen molar-refractivity contribution in [3.63, 3.8) is 0 Å². The van der Waals surface area contributed by atoms with Crippen LogP contribution < -0.4 is 0 Å². The molecule has 0 saturated carbocycles. The van der Waals surface area contributed by atoms with Gasteiger partial charge in [-0.2, -0.15) is 0 Å². The van der Waals surface area contributed by atoms with Crippen molar-refractivity contribution < 1.29 is 14.1 Å². The smallest absolute Gasteiger partial charge is 0.170 e. The van der Waals surface area contributed by atoms with Crippen LogP contribution in [0.15, 0.2) is 17.0 Å². The SMILES string of the molecule is CN1C2COCC1CC(C(=O)c1cnoc1)C2. The lowest BCUT2D eigenvalue weighted by Crippen LogP contribution is -2.55. The summed E-state index contributed by atoms with van der Waals surface area (Å²) in [5.74, 6) is 0.251. The van der Waals surface area contributed by atoms with E-state index in [0.29, 0.717) is 17.6 Å². The van der Waals surface area contributed by atoms with E-state index in [-0.39, 0.29) is 11.7 Å². The highest BCUT2D eigenvalue weighted by molar-refractivity contribution is 5.97. The molecule has 0 N–H and O–H groups in total. The molecule has 0 radical (unpaired) electrons.